The minimum absolute atomic E-state index is 0.0118. The summed E-state index contributed by atoms with van der Waals surface area (Å²) in [6.07, 6.45) is 7.69. The van der Waals surface area contributed by atoms with Gasteiger partial charge in [0.2, 0.25) is 5.43 Å². The molecule has 29 heavy (non-hydrogen) atoms. The van der Waals surface area contributed by atoms with E-state index in [1.165, 1.54) is 12.4 Å². The van der Waals surface area contributed by atoms with Crippen LogP contribution in [-0.2, 0) is 0 Å². The van der Waals surface area contributed by atoms with Crippen molar-refractivity contribution in [1.82, 2.24) is 9.55 Å². The first-order valence-electron chi connectivity index (χ1n) is 9.75. The molecule has 0 amide bonds. The highest BCUT2D eigenvalue weighted by Crippen LogP contribution is 2.40. The van der Waals surface area contributed by atoms with Gasteiger partial charge < -0.3 is 25.0 Å². The molecule has 9 heteroatoms. The first-order valence-corrected chi connectivity index (χ1v) is 9.75. The lowest BCUT2D eigenvalue weighted by atomic mass is 9.83. The Bertz CT molecular complexity index is 1090. The predicted octanol–water partition coefficient (Wildman–Crippen LogP) is 2.27. The van der Waals surface area contributed by atoms with Crippen molar-refractivity contribution in [3.8, 4) is 5.75 Å². The number of hydrogen-bond donors (Lipinski definition) is 2. The second kappa shape index (κ2) is 6.55. The Morgan fingerprint density at radius 1 is 1.34 bits per heavy atom. The number of ether oxygens (including phenoxy) is 1. The van der Waals surface area contributed by atoms with Crippen molar-refractivity contribution in [1.29, 1.82) is 0 Å². The summed E-state index contributed by atoms with van der Waals surface area (Å²) in [5.74, 6) is -0.0961. The van der Waals surface area contributed by atoms with Crippen LogP contribution in [0.5, 0.6) is 5.75 Å². The van der Waals surface area contributed by atoms with Crippen LogP contribution in [0, 0.1) is 17.7 Å². The molecule has 0 unspecified atom stereocenters. The van der Waals surface area contributed by atoms with Crippen molar-refractivity contribution in [2.24, 2.45) is 17.6 Å². The van der Waals surface area contributed by atoms with Crippen LogP contribution in [0.4, 0.5) is 15.0 Å². The number of carboxylic acid groups (broad SMARTS) is 1. The van der Waals surface area contributed by atoms with E-state index in [1.54, 1.807) is 4.57 Å². The van der Waals surface area contributed by atoms with Gasteiger partial charge in [-0.2, -0.15) is 0 Å². The van der Waals surface area contributed by atoms with Gasteiger partial charge in [-0.3, -0.25) is 4.79 Å². The Hall–Kier alpha value is -2.94. The monoisotopic (exact) mass is 400 g/mol. The average Bonchev–Trinajstić information content (AvgIpc) is 3.43. The van der Waals surface area contributed by atoms with Gasteiger partial charge in [0, 0.05) is 31.4 Å². The Morgan fingerprint density at radius 2 is 2.14 bits per heavy atom. The molecule has 0 spiro atoms. The van der Waals surface area contributed by atoms with Crippen molar-refractivity contribution < 1.29 is 19.0 Å². The topological polar surface area (TPSA) is 111 Å². The fraction of sp³-hybridized carbons (Fsp3) is 0.450. The van der Waals surface area contributed by atoms with Gasteiger partial charge in [0.05, 0.1) is 17.1 Å². The van der Waals surface area contributed by atoms with Gasteiger partial charge in [-0.25, -0.2) is 14.2 Å². The van der Waals surface area contributed by atoms with Gasteiger partial charge in [-0.15, -0.1) is 0 Å². The fourth-order valence-electron chi connectivity index (χ4n) is 4.60. The van der Waals surface area contributed by atoms with E-state index in [0.29, 0.717) is 19.0 Å². The Labute approximate surface area is 165 Å². The number of nitrogens with two attached hydrogens (primary N) is 1. The van der Waals surface area contributed by atoms with E-state index in [4.69, 9.17) is 10.8 Å². The highest BCUT2D eigenvalue weighted by atomic mass is 19.1. The quantitative estimate of drug-likeness (QED) is 0.601. The SMILES string of the molecule is N[C@@H]1C=CC[C@@H]2CN(c3ncc4c(=O)c(OC(=O)O)cn(C5CC5)c4c3F)C[C@@H]21. The smallest absolute Gasteiger partial charge is 0.449 e. The molecule has 2 fully saturated rings. The zero-order valence-electron chi connectivity index (χ0n) is 15.6. The number of rotatable bonds is 3. The zero-order chi connectivity index (χ0) is 20.3. The Balaban J connectivity index is 1.61. The van der Waals surface area contributed by atoms with Crippen LogP contribution in [0.1, 0.15) is 25.3 Å². The molecule has 8 nitrogen and oxygen atoms in total. The summed E-state index contributed by atoms with van der Waals surface area (Å²) in [5.41, 5.74) is 5.67. The molecule has 3 N–H and O–H groups in total. The van der Waals surface area contributed by atoms with Crippen molar-refractivity contribution >= 4 is 22.9 Å². The third-order valence-electron chi connectivity index (χ3n) is 6.18. The Kier molecular flexibility index (Phi) is 4.09. The van der Waals surface area contributed by atoms with Crippen molar-refractivity contribution in [3.63, 3.8) is 0 Å². The minimum Gasteiger partial charge on any atom is -0.449 e. The number of anilines is 1. The second-order valence-corrected chi connectivity index (χ2v) is 8.06. The van der Waals surface area contributed by atoms with Gasteiger partial charge in [0.15, 0.2) is 17.4 Å². The number of nitrogens with zero attached hydrogens (tertiary/aromatic N) is 3. The molecule has 152 valence electrons. The maximum Gasteiger partial charge on any atom is 0.511 e. The highest BCUT2D eigenvalue weighted by Gasteiger charge is 2.39. The molecule has 3 atom stereocenters. The zero-order valence-corrected chi connectivity index (χ0v) is 15.6. The number of carbonyl (C=O) groups is 1. The summed E-state index contributed by atoms with van der Waals surface area (Å²) in [6, 6.07) is -0.0413. The summed E-state index contributed by atoms with van der Waals surface area (Å²) in [7, 11) is 0. The van der Waals surface area contributed by atoms with E-state index in [0.717, 1.165) is 19.3 Å². The van der Waals surface area contributed by atoms with E-state index >= 15 is 4.39 Å². The number of fused-ring (bicyclic) bond motifs is 2. The van der Waals surface area contributed by atoms with Crippen LogP contribution in [0.3, 0.4) is 0 Å². The van der Waals surface area contributed by atoms with E-state index in [1.807, 2.05) is 11.0 Å². The van der Waals surface area contributed by atoms with Crippen molar-refractivity contribution in [2.45, 2.75) is 31.3 Å². The van der Waals surface area contributed by atoms with E-state index in [9.17, 15) is 9.59 Å². The molecular formula is C20H21FN4O4. The third kappa shape index (κ3) is 2.96. The second-order valence-electron chi connectivity index (χ2n) is 8.06. The highest BCUT2D eigenvalue weighted by molar-refractivity contribution is 5.83. The first-order chi connectivity index (χ1) is 13.9. The number of allylic oxidation sites excluding steroid dienone is 1. The third-order valence-corrected chi connectivity index (χ3v) is 6.18. The summed E-state index contributed by atoms with van der Waals surface area (Å²) in [5, 5.41) is 8.91. The van der Waals surface area contributed by atoms with Crippen LogP contribution >= 0.6 is 0 Å². The molecule has 2 aromatic rings. The van der Waals surface area contributed by atoms with Crippen LogP contribution in [0.25, 0.3) is 10.9 Å². The molecule has 3 heterocycles. The van der Waals surface area contributed by atoms with Crippen LogP contribution in [-0.4, -0.2) is 39.9 Å². The van der Waals surface area contributed by atoms with Gasteiger partial charge in [-0.05, 0) is 31.1 Å². The van der Waals surface area contributed by atoms with Crippen molar-refractivity contribution in [3.05, 3.63) is 40.6 Å². The molecule has 0 aromatic carbocycles. The van der Waals surface area contributed by atoms with E-state index in [2.05, 4.69) is 15.8 Å². The molecule has 1 saturated heterocycles. The molecule has 0 bridgehead atoms. The van der Waals surface area contributed by atoms with Crippen LogP contribution in [0.2, 0.25) is 0 Å². The Morgan fingerprint density at radius 3 is 2.83 bits per heavy atom. The summed E-state index contributed by atoms with van der Waals surface area (Å²) in [6.45, 7) is 1.27. The maximum absolute atomic E-state index is 15.7. The molecule has 3 aliphatic rings. The summed E-state index contributed by atoms with van der Waals surface area (Å²) >= 11 is 0. The van der Waals surface area contributed by atoms with E-state index in [-0.39, 0.29) is 40.5 Å². The molecule has 2 aliphatic carbocycles. The average molecular weight is 400 g/mol. The van der Waals surface area contributed by atoms with Gasteiger partial charge in [-0.1, -0.05) is 12.2 Å². The largest absolute Gasteiger partial charge is 0.511 e. The maximum atomic E-state index is 15.7. The lowest BCUT2D eigenvalue weighted by Crippen LogP contribution is -2.35. The van der Waals surface area contributed by atoms with Crippen LogP contribution in [0.15, 0.2) is 29.3 Å². The summed E-state index contributed by atoms with van der Waals surface area (Å²) in [4.78, 5) is 29.7. The molecular weight excluding hydrogens is 379 g/mol. The number of aromatic nitrogens is 2. The summed E-state index contributed by atoms with van der Waals surface area (Å²) < 4.78 is 21.9. The first kappa shape index (κ1) is 18.1. The lowest BCUT2D eigenvalue weighted by molar-refractivity contribution is 0.143. The van der Waals surface area contributed by atoms with Crippen LogP contribution < -0.4 is 20.8 Å². The normalized spacial score (nSPS) is 26.0. The lowest BCUT2D eigenvalue weighted by Gasteiger charge is -2.25. The van der Waals surface area contributed by atoms with E-state index < -0.39 is 17.4 Å². The standard InChI is InChI=1S/C20H21FN4O4/c21-16-17-12(18(26)15(29-20(27)28)9-25(17)11-4-5-11)6-23-19(16)24-7-10-2-1-3-14(22)13(10)8-24/h1,3,6,9-11,13-14H,2,4-5,7-8,22H2,(H,27,28)/t10-,13+,14-/m1/s1. The fourth-order valence-corrected chi connectivity index (χ4v) is 4.60. The minimum atomic E-state index is -1.58. The molecule has 2 aromatic heterocycles. The van der Waals surface area contributed by atoms with Gasteiger partial charge in [0.25, 0.3) is 0 Å². The van der Waals surface area contributed by atoms with Crippen molar-refractivity contribution in [2.75, 3.05) is 18.0 Å². The number of hydrogen-bond acceptors (Lipinski definition) is 6. The molecule has 5 rings (SSSR count). The number of pyridine rings is 2. The molecule has 1 saturated carbocycles. The van der Waals surface area contributed by atoms with Gasteiger partial charge in [0.1, 0.15) is 0 Å². The van der Waals surface area contributed by atoms with Gasteiger partial charge >= 0.3 is 6.16 Å². The molecule has 1 aliphatic heterocycles. The number of halogens is 1. The molecule has 0 radical (unpaired) electrons. The predicted molar refractivity (Wildman–Crippen MR) is 104 cm³/mol.